The molecule has 19 heavy (non-hydrogen) atoms. The van der Waals surface area contributed by atoms with Crippen LogP contribution in [0.5, 0.6) is 0 Å². The molecule has 3 nitrogen and oxygen atoms in total. The third kappa shape index (κ3) is 3.07. The highest BCUT2D eigenvalue weighted by Gasteiger charge is 2.37. The number of hydrogen-bond acceptors (Lipinski definition) is 3. The van der Waals surface area contributed by atoms with Crippen LogP contribution in [0.2, 0.25) is 0 Å². The molecule has 1 saturated heterocycles. The Morgan fingerprint density at radius 1 is 1.42 bits per heavy atom. The molecular weight excluding hydrogens is 241 g/mol. The lowest BCUT2D eigenvalue weighted by atomic mass is 9.95. The molecule has 4 heteroatoms. The van der Waals surface area contributed by atoms with Gasteiger partial charge in [-0.25, -0.2) is 4.39 Å². The molecule has 2 rings (SSSR count). The third-order valence-corrected chi connectivity index (χ3v) is 4.12. The summed E-state index contributed by atoms with van der Waals surface area (Å²) in [6.07, 6.45) is 0. The first-order valence-corrected chi connectivity index (χ1v) is 6.82. The highest BCUT2D eigenvalue weighted by Crippen LogP contribution is 2.27. The number of benzene rings is 1. The average molecular weight is 265 g/mol. The SMILES string of the molecule is CNCC1CN(c2cccc(F)c2)CC(C)(C)N1C. The van der Waals surface area contributed by atoms with Gasteiger partial charge in [-0.15, -0.1) is 0 Å². The van der Waals surface area contributed by atoms with E-state index in [-0.39, 0.29) is 11.4 Å². The number of likely N-dealkylation sites (N-methyl/N-ethyl adjacent to an activating group) is 2. The number of nitrogens with one attached hydrogen (secondary N) is 1. The van der Waals surface area contributed by atoms with Crippen molar-refractivity contribution in [3.05, 3.63) is 30.1 Å². The predicted molar refractivity (Wildman–Crippen MR) is 78.2 cm³/mol. The summed E-state index contributed by atoms with van der Waals surface area (Å²) in [6, 6.07) is 7.31. The lowest BCUT2D eigenvalue weighted by Crippen LogP contribution is -2.64. The topological polar surface area (TPSA) is 18.5 Å². The fraction of sp³-hybridized carbons (Fsp3) is 0.600. The van der Waals surface area contributed by atoms with Gasteiger partial charge in [0.05, 0.1) is 0 Å². The standard InChI is InChI=1S/C15H24FN3/c1-15(2)11-19(10-14(9-17-3)18(15)4)13-7-5-6-12(16)8-13/h5-8,14,17H,9-11H2,1-4H3. The molecule has 1 aliphatic rings. The van der Waals surface area contributed by atoms with Gasteiger partial charge in [-0.05, 0) is 46.1 Å². The van der Waals surface area contributed by atoms with E-state index in [0.29, 0.717) is 6.04 Å². The second-order valence-corrected chi connectivity index (χ2v) is 6.00. The van der Waals surface area contributed by atoms with Crippen LogP contribution in [-0.2, 0) is 0 Å². The maximum Gasteiger partial charge on any atom is 0.125 e. The molecule has 0 spiro atoms. The van der Waals surface area contributed by atoms with Crippen LogP contribution in [0, 0.1) is 5.82 Å². The molecule has 1 aromatic rings. The number of halogens is 1. The summed E-state index contributed by atoms with van der Waals surface area (Å²) < 4.78 is 13.4. The van der Waals surface area contributed by atoms with E-state index < -0.39 is 0 Å². The second-order valence-electron chi connectivity index (χ2n) is 6.00. The van der Waals surface area contributed by atoms with Gasteiger partial charge in [-0.3, -0.25) is 4.90 Å². The van der Waals surface area contributed by atoms with Crippen LogP contribution in [0.3, 0.4) is 0 Å². The average Bonchev–Trinajstić information content (AvgIpc) is 2.35. The Kier molecular flexibility index (Phi) is 4.11. The molecular formula is C15H24FN3. The van der Waals surface area contributed by atoms with Crippen LogP contribution in [0.15, 0.2) is 24.3 Å². The fourth-order valence-electron chi connectivity index (χ4n) is 2.82. The van der Waals surface area contributed by atoms with Gasteiger partial charge in [0.15, 0.2) is 0 Å². The predicted octanol–water partition coefficient (Wildman–Crippen LogP) is 1.94. The van der Waals surface area contributed by atoms with E-state index in [1.165, 1.54) is 6.07 Å². The molecule has 1 fully saturated rings. The molecule has 0 bridgehead atoms. The molecule has 1 aliphatic heterocycles. The van der Waals surface area contributed by atoms with Gasteiger partial charge < -0.3 is 10.2 Å². The zero-order valence-corrected chi connectivity index (χ0v) is 12.3. The quantitative estimate of drug-likeness (QED) is 0.901. The fourth-order valence-corrected chi connectivity index (χ4v) is 2.82. The summed E-state index contributed by atoms with van der Waals surface area (Å²) in [5, 5.41) is 3.25. The molecule has 0 saturated carbocycles. The van der Waals surface area contributed by atoms with Gasteiger partial charge in [0, 0.05) is 36.9 Å². The minimum absolute atomic E-state index is 0.0755. The van der Waals surface area contributed by atoms with Crippen LogP contribution < -0.4 is 10.2 Å². The Balaban J connectivity index is 2.22. The molecule has 1 atom stereocenters. The number of nitrogens with zero attached hydrogens (tertiary/aromatic N) is 2. The highest BCUT2D eigenvalue weighted by atomic mass is 19.1. The second kappa shape index (κ2) is 5.47. The summed E-state index contributed by atoms with van der Waals surface area (Å²) in [5.41, 5.74) is 1.05. The van der Waals surface area contributed by atoms with E-state index >= 15 is 0 Å². The summed E-state index contributed by atoms with van der Waals surface area (Å²) in [5.74, 6) is -0.167. The summed E-state index contributed by atoms with van der Waals surface area (Å²) in [4.78, 5) is 4.70. The molecule has 0 amide bonds. The number of rotatable bonds is 3. The van der Waals surface area contributed by atoms with E-state index in [1.807, 2.05) is 13.1 Å². The summed E-state index contributed by atoms with van der Waals surface area (Å²) in [7, 11) is 4.15. The molecule has 106 valence electrons. The van der Waals surface area contributed by atoms with Crippen LogP contribution in [-0.4, -0.2) is 50.2 Å². The first kappa shape index (κ1) is 14.3. The Morgan fingerprint density at radius 2 is 2.16 bits per heavy atom. The Bertz CT molecular complexity index is 433. The normalized spacial score (nSPS) is 23.6. The maximum absolute atomic E-state index is 13.4. The first-order chi connectivity index (χ1) is 8.94. The summed E-state index contributed by atoms with van der Waals surface area (Å²) >= 11 is 0. The Labute approximate surface area is 115 Å². The largest absolute Gasteiger partial charge is 0.368 e. The van der Waals surface area contributed by atoms with Crippen molar-refractivity contribution in [3.63, 3.8) is 0 Å². The van der Waals surface area contributed by atoms with Crippen molar-refractivity contribution in [2.45, 2.75) is 25.4 Å². The monoisotopic (exact) mass is 265 g/mol. The van der Waals surface area contributed by atoms with Gasteiger partial charge in [-0.2, -0.15) is 0 Å². The zero-order valence-electron chi connectivity index (χ0n) is 12.3. The van der Waals surface area contributed by atoms with Gasteiger partial charge in [0.2, 0.25) is 0 Å². The van der Waals surface area contributed by atoms with E-state index in [4.69, 9.17) is 0 Å². The minimum Gasteiger partial charge on any atom is -0.368 e. The highest BCUT2D eigenvalue weighted by molar-refractivity contribution is 5.48. The van der Waals surface area contributed by atoms with Crippen LogP contribution in [0.4, 0.5) is 10.1 Å². The van der Waals surface area contributed by atoms with Crippen molar-refractivity contribution < 1.29 is 4.39 Å². The van der Waals surface area contributed by atoms with E-state index in [2.05, 4.69) is 36.0 Å². The van der Waals surface area contributed by atoms with Gasteiger partial charge >= 0.3 is 0 Å². The first-order valence-electron chi connectivity index (χ1n) is 6.82. The van der Waals surface area contributed by atoms with Gasteiger partial charge in [0.25, 0.3) is 0 Å². The van der Waals surface area contributed by atoms with Crippen molar-refractivity contribution in [2.24, 2.45) is 0 Å². The number of hydrogen-bond donors (Lipinski definition) is 1. The maximum atomic E-state index is 13.4. The minimum atomic E-state index is -0.167. The van der Waals surface area contributed by atoms with Crippen LogP contribution >= 0.6 is 0 Å². The number of piperazine rings is 1. The van der Waals surface area contributed by atoms with Gasteiger partial charge in [0.1, 0.15) is 5.82 Å². The van der Waals surface area contributed by atoms with Crippen molar-refractivity contribution in [3.8, 4) is 0 Å². The molecule has 1 aromatic carbocycles. The lowest BCUT2D eigenvalue weighted by molar-refractivity contribution is 0.0809. The Hall–Kier alpha value is -1.13. The van der Waals surface area contributed by atoms with Crippen molar-refractivity contribution in [2.75, 3.05) is 38.6 Å². The van der Waals surface area contributed by atoms with Crippen LogP contribution in [0.1, 0.15) is 13.8 Å². The number of anilines is 1. The van der Waals surface area contributed by atoms with Crippen LogP contribution in [0.25, 0.3) is 0 Å². The smallest absolute Gasteiger partial charge is 0.125 e. The van der Waals surface area contributed by atoms with Gasteiger partial charge in [-0.1, -0.05) is 6.07 Å². The molecule has 0 radical (unpaired) electrons. The lowest BCUT2D eigenvalue weighted by Gasteiger charge is -2.51. The molecule has 1 unspecified atom stereocenters. The van der Waals surface area contributed by atoms with E-state index in [9.17, 15) is 4.39 Å². The third-order valence-electron chi connectivity index (χ3n) is 4.12. The molecule has 1 N–H and O–H groups in total. The van der Waals surface area contributed by atoms with E-state index in [1.54, 1.807) is 12.1 Å². The molecule has 0 aromatic heterocycles. The molecule has 0 aliphatic carbocycles. The Morgan fingerprint density at radius 3 is 2.79 bits per heavy atom. The van der Waals surface area contributed by atoms with Crippen molar-refractivity contribution >= 4 is 5.69 Å². The zero-order chi connectivity index (χ0) is 14.0. The van der Waals surface area contributed by atoms with E-state index in [0.717, 1.165) is 25.3 Å². The summed E-state index contributed by atoms with van der Waals surface area (Å²) in [6.45, 7) is 7.24. The van der Waals surface area contributed by atoms with Crippen molar-refractivity contribution in [1.82, 2.24) is 10.2 Å². The molecule has 1 heterocycles. The van der Waals surface area contributed by atoms with Crippen molar-refractivity contribution in [1.29, 1.82) is 0 Å².